The first kappa shape index (κ1) is 20.3. The fourth-order valence-electron chi connectivity index (χ4n) is 3.18. The molecular formula is C21H25N5O3. The highest BCUT2D eigenvalue weighted by atomic mass is 16.2. The van der Waals surface area contributed by atoms with Crippen molar-refractivity contribution in [1.82, 2.24) is 20.5 Å². The molecule has 152 valence electrons. The summed E-state index contributed by atoms with van der Waals surface area (Å²) >= 11 is 0. The molecule has 3 rings (SSSR count). The highest BCUT2D eigenvalue weighted by Gasteiger charge is 2.22. The van der Waals surface area contributed by atoms with E-state index in [1.165, 1.54) is 0 Å². The monoisotopic (exact) mass is 395 g/mol. The number of aromatic nitrogens is 1. The van der Waals surface area contributed by atoms with E-state index in [9.17, 15) is 14.4 Å². The van der Waals surface area contributed by atoms with E-state index in [-0.39, 0.29) is 23.9 Å². The number of urea groups is 1. The molecule has 2 aromatic rings. The van der Waals surface area contributed by atoms with Crippen LogP contribution in [0.4, 0.5) is 10.5 Å². The third kappa shape index (κ3) is 6.03. The molecule has 1 atom stereocenters. The van der Waals surface area contributed by atoms with E-state index in [0.717, 1.165) is 18.7 Å². The molecule has 3 N–H and O–H groups in total. The molecule has 4 amide bonds. The standard InChI is InChI=1S/C21H25N5O3/c1-15(14-26-11-5-9-19(26)27)24-21(29)25-17-8-4-6-16(12-17)20(28)23-13-18-7-2-3-10-22-18/h2-4,6-8,10,12,15H,5,9,11,13-14H2,1H3,(H,23,28)(H2,24,25,29)/t15-/m0/s1. The molecule has 0 saturated carbocycles. The molecule has 1 saturated heterocycles. The van der Waals surface area contributed by atoms with Crippen LogP contribution in [0.5, 0.6) is 0 Å². The molecule has 0 aliphatic carbocycles. The molecule has 1 aliphatic heterocycles. The fraction of sp³-hybridized carbons (Fsp3) is 0.333. The van der Waals surface area contributed by atoms with Gasteiger partial charge in [0.2, 0.25) is 5.91 Å². The summed E-state index contributed by atoms with van der Waals surface area (Å²) in [6.07, 6.45) is 3.12. The molecule has 1 aromatic carbocycles. The molecule has 0 radical (unpaired) electrons. The first-order valence-corrected chi connectivity index (χ1v) is 9.65. The number of pyridine rings is 1. The largest absolute Gasteiger partial charge is 0.346 e. The van der Waals surface area contributed by atoms with Crippen LogP contribution in [-0.2, 0) is 11.3 Å². The van der Waals surface area contributed by atoms with Crippen molar-refractivity contribution in [3.8, 4) is 0 Å². The predicted octanol–water partition coefficient (Wildman–Crippen LogP) is 2.14. The van der Waals surface area contributed by atoms with E-state index in [4.69, 9.17) is 0 Å². The lowest BCUT2D eigenvalue weighted by Crippen LogP contribution is -2.44. The summed E-state index contributed by atoms with van der Waals surface area (Å²) in [5, 5.41) is 8.36. The normalized spacial score (nSPS) is 14.4. The van der Waals surface area contributed by atoms with Gasteiger partial charge in [-0.05, 0) is 43.7 Å². The minimum Gasteiger partial charge on any atom is -0.346 e. The zero-order chi connectivity index (χ0) is 20.6. The Kier molecular flexibility index (Phi) is 6.78. The Morgan fingerprint density at radius 3 is 2.79 bits per heavy atom. The van der Waals surface area contributed by atoms with Gasteiger partial charge in [0, 0.05) is 43.0 Å². The second-order valence-electron chi connectivity index (χ2n) is 7.03. The van der Waals surface area contributed by atoms with Gasteiger partial charge in [0.25, 0.3) is 5.91 Å². The van der Waals surface area contributed by atoms with E-state index in [0.29, 0.717) is 30.8 Å². The van der Waals surface area contributed by atoms with Gasteiger partial charge in [-0.1, -0.05) is 12.1 Å². The van der Waals surface area contributed by atoms with E-state index < -0.39 is 0 Å². The molecule has 1 aromatic heterocycles. The smallest absolute Gasteiger partial charge is 0.319 e. The second-order valence-corrected chi connectivity index (χ2v) is 7.03. The van der Waals surface area contributed by atoms with Gasteiger partial charge in [0.15, 0.2) is 0 Å². The van der Waals surface area contributed by atoms with Crippen LogP contribution in [0, 0.1) is 0 Å². The highest BCUT2D eigenvalue weighted by Crippen LogP contribution is 2.12. The maximum Gasteiger partial charge on any atom is 0.319 e. The SMILES string of the molecule is C[C@@H](CN1CCCC1=O)NC(=O)Nc1cccc(C(=O)NCc2ccccn2)c1. The Bertz CT molecular complexity index is 872. The van der Waals surface area contributed by atoms with Gasteiger partial charge in [0.1, 0.15) is 0 Å². The van der Waals surface area contributed by atoms with Gasteiger partial charge >= 0.3 is 6.03 Å². The van der Waals surface area contributed by atoms with Crippen molar-refractivity contribution in [3.63, 3.8) is 0 Å². The molecule has 1 fully saturated rings. The van der Waals surface area contributed by atoms with Gasteiger partial charge < -0.3 is 20.9 Å². The number of benzene rings is 1. The first-order chi connectivity index (χ1) is 14.0. The minimum atomic E-state index is -0.379. The fourth-order valence-corrected chi connectivity index (χ4v) is 3.18. The van der Waals surface area contributed by atoms with Gasteiger partial charge in [0.05, 0.1) is 12.2 Å². The maximum absolute atomic E-state index is 12.4. The quantitative estimate of drug-likeness (QED) is 0.668. The summed E-state index contributed by atoms with van der Waals surface area (Å²) in [5.41, 5.74) is 1.71. The molecule has 29 heavy (non-hydrogen) atoms. The Morgan fingerprint density at radius 2 is 2.07 bits per heavy atom. The van der Waals surface area contributed by atoms with E-state index >= 15 is 0 Å². The first-order valence-electron chi connectivity index (χ1n) is 9.65. The van der Waals surface area contributed by atoms with Gasteiger partial charge in [-0.25, -0.2) is 4.79 Å². The summed E-state index contributed by atoms with van der Waals surface area (Å²) in [4.78, 5) is 42.2. The zero-order valence-electron chi connectivity index (χ0n) is 16.4. The summed E-state index contributed by atoms with van der Waals surface area (Å²) in [5.74, 6) is -0.121. The van der Waals surface area contributed by atoms with Crippen molar-refractivity contribution in [3.05, 3.63) is 59.9 Å². The number of anilines is 1. The lowest BCUT2D eigenvalue weighted by atomic mass is 10.2. The molecule has 0 bridgehead atoms. The van der Waals surface area contributed by atoms with Crippen molar-refractivity contribution in [2.45, 2.75) is 32.4 Å². The van der Waals surface area contributed by atoms with Crippen LogP contribution < -0.4 is 16.0 Å². The van der Waals surface area contributed by atoms with Crippen LogP contribution in [0.2, 0.25) is 0 Å². The summed E-state index contributed by atoms with van der Waals surface area (Å²) in [7, 11) is 0. The number of rotatable bonds is 7. The molecule has 0 spiro atoms. The average molecular weight is 395 g/mol. The number of carbonyl (C=O) groups excluding carboxylic acids is 3. The number of hydrogen-bond acceptors (Lipinski definition) is 4. The van der Waals surface area contributed by atoms with Crippen molar-refractivity contribution >= 4 is 23.5 Å². The molecule has 2 heterocycles. The average Bonchev–Trinajstić information content (AvgIpc) is 3.11. The van der Waals surface area contributed by atoms with Crippen LogP contribution in [-0.4, -0.2) is 46.9 Å². The lowest BCUT2D eigenvalue weighted by Gasteiger charge is -2.21. The summed E-state index contributed by atoms with van der Waals surface area (Å²) in [6.45, 7) is 3.40. The topological polar surface area (TPSA) is 103 Å². The van der Waals surface area contributed by atoms with E-state index in [1.54, 1.807) is 35.4 Å². The number of likely N-dealkylation sites (tertiary alicyclic amines) is 1. The number of nitrogens with one attached hydrogen (secondary N) is 3. The second kappa shape index (κ2) is 9.68. The van der Waals surface area contributed by atoms with Crippen LogP contribution >= 0.6 is 0 Å². The van der Waals surface area contributed by atoms with Crippen LogP contribution in [0.1, 0.15) is 35.8 Å². The zero-order valence-corrected chi connectivity index (χ0v) is 16.4. The third-order valence-electron chi connectivity index (χ3n) is 4.58. The summed E-state index contributed by atoms with van der Waals surface area (Å²) < 4.78 is 0. The number of hydrogen-bond donors (Lipinski definition) is 3. The minimum absolute atomic E-state index is 0.128. The molecule has 8 nitrogen and oxygen atoms in total. The van der Waals surface area contributed by atoms with Crippen LogP contribution in [0.15, 0.2) is 48.7 Å². The predicted molar refractivity (Wildman–Crippen MR) is 109 cm³/mol. The molecule has 0 unspecified atom stereocenters. The Labute approximate surface area is 169 Å². The third-order valence-corrected chi connectivity index (χ3v) is 4.58. The Hall–Kier alpha value is -3.42. The molecular weight excluding hydrogens is 370 g/mol. The lowest BCUT2D eigenvalue weighted by molar-refractivity contribution is -0.127. The van der Waals surface area contributed by atoms with E-state index in [1.807, 2.05) is 25.1 Å². The number of carbonyl (C=O) groups is 3. The molecule has 1 aliphatic rings. The van der Waals surface area contributed by atoms with Gasteiger partial charge in [-0.2, -0.15) is 0 Å². The number of amides is 4. The highest BCUT2D eigenvalue weighted by molar-refractivity contribution is 5.96. The number of nitrogens with zero attached hydrogens (tertiary/aromatic N) is 2. The van der Waals surface area contributed by atoms with Crippen LogP contribution in [0.3, 0.4) is 0 Å². The van der Waals surface area contributed by atoms with Crippen molar-refractivity contribution in [2.24, 2.45) is 0 Å². The Morgan fingerprint density at radius 1 is 1.21 bits per heavy atom. The molecule has 8 heteroatoms. The maximum atomic E-state index is 12.4. The van der Waals surface area contributed by atoms with E-state index in [2.05, 4.69) is 20.9 Å². The van der Waals surface area contributed by atoms with Crippen molar-refractivity contribution < 1.29 is 14.4 Å². The van der Waals surface area contributed by atoms with Crippen molar-refractivity contribution in [1.29, 1.82) is 0 Å². The summed E-state index contributed by atoms with van der Waals surface area (Å²) in [6, 6.07) is 11.7. The van der Waals surface area contributed by atoms with Gasteiger partial charge in [-0.15, -0.1) is 0 Å². The van der Waals surface area contributed by atoms with Gasteiger partial charge in [-0.3, -0.25) is 14.6 Å². The Balaban J connectivity index is 1.50. The van der Waals surface area contributed by atoms with Crippen LogP contribution in [0.25, 0.3) is 0 Å². The van der Waals surface area contributed by atoms with Crippen molar-refractivity contribution in [2.75, 3.05) is 18.4 Å².